The number of aryl methyl sites for hydroxylation is 1. The third kappa shape index (κ3) is 3.94. The van der Waals surface area contributed by atoms with Crippen molar-refractivity contribution in [1.82, 2.24) is 24.6 Å². The Labute approximate surface area is 180 Å². The van der Waals surface area contributed by atoms with Gasteiger partial charge < -0.3 is 10.2 Å². The fraction of sp³-hybridized carbons (Fsp3) is 0.304. The summed E-state index contributed by atoms with van der Waals surface area (Å²) in [6.07, 6.45) is 3.90. The van der Waals surface area contributed by atoms with Gasteiger partial charge in [0.15, 0.2) is 5.65 Å². The minimum absolute atomic E-state index is 0.0478. The monoisotopic (exact) mass is 415 g/mol. The molecule has 8 heteroatoms. The fourth-order valence-corrected chi connectivity index (χ4v) is 4.19. The fourth-order valence-electron chi connectivity index (χ4n) is 4.19. The van der Waals surface area contributed by atoms with Crippen molar-refractivity contribution in [3.05, 3.63) is 55.0 Å². The van der Waals surface area contributed by atoms with Crippen LogP contribution in [0, 0.1) is 0 Å². The zero-order valence-electron chi connectivity index (χ0n) is 17.5. The molecular formula is C23H25N7O. The second kappa shape index (κ2) is 8.31. The van der Waals surface area contributed by atoms with E-state index < -0.39 is 0 Å². The van der Waals surface area contributed by atoms with Crippen LogP contribution in [0.2, 0.25) is 0 Å². The van der Waals surface area contributed by atoms with Gasteiger partial charge in [0.05, 0.1) is 11.6 Å². The lowest BCUT2D eigenvalue weighted by Gasteiger charge is -2.35. The number of carbonyl (C=O) groups is 1. The largest absolute Gasteiger partial charge is 0.353 e. The van der Waals surface area contributed by atoms with E-state index in [0.29, 0.717) is 6.42 Å². The molecule has 0 spiro atoms. The van der Waals surface area contributed by atoms with Crippen molar-refractivity contribution in [3.8, 4) is 0 Å². The molecule has 4 aromatic rings. The average Bonchev–Trinajstić information content (AvgIpc) is 3.19. The molecule has 3 heterocycles. The molecule has 0 bridgehead atoms. The number of fused-ring (bicyclic) bond motifs is 2. The van der Waals surface area contributed by atoms with Gasteiger partial charge in [0, 0.05) is 57.3 Å². The molecule has 1 fully saturated rings. The highest BCUT2D eigenvalue weighted by molar-refractivity contribution is 6.02. The van der Waals surface area contributed by atoms with E-state index in [-0.39, 0.29) is 5.91 Å². The van der Waals surface area contributed by atoms with Crippen LogP contribution < -0.4 is 10.2 Å². The first kappa shape index (κ1) is 19.4. The third-order valence-corrected chi connectivity index (χ3v) is 5.90. The van der Waals surface area contributed by atoms with E-state index in [1.807, 2.05) is 43.6 Å². The Kier molecular flexibility index (Phi) is 5.21. The maximum atomic E-state index is 12.6. The highest BCUT2D eigenvalue weighted by Gasteiger charge is 2.21. The summed E-state index contributed by atoms with van der Waals surface area (Å²) in [5.74, 6) is 0.984. The summed E-state index contributed by atoms with van der Waals surface area (Å²) in [6.45, 7) is 4.27. The van der Waals surface area contributed by atoms with Crippen molar-refractivity contribution < 1.29 is 4.79 Å². The van der Waals surface area contributed by atoms with Gasteiger partial charge in [0.2, 0.25) is 5.91 Å². The van der Waals surface area contributed by atoms with Gasteiger partial charge in [-0.1, -0.05) is 36.4 Å². The van der Waals surface area contributed by atoms with Crippen molar-refractivity contribution in [3.63, 3.8) is 0 Å². The molecule has 0 radical (unpaired) electrons. The van der Waals surface area contributed by atoms with Crippen LogP contribution in [0.15, 0.2) is 55.0 Å². The Balaban J connectivity index is 1.16. The van der Waals surface area contributed by atoms with E-state index in [2.05, 4.69) is 42.3 Å². The minimum atomic E-state index is 0.0478. The first-order chi connectivity index (χ1) is 15.2. The number of rotatable bonds is 5. The van der Waals surface area contributed by atoms with Gasteiger partial charge in [0.1, 0.15) is 12.1 Å². The van der Waals surface area contributed by atoms with E-state index in [0.717, 1.165) is 66.0 Å². The average molecular weight is 416 g/mol. The third-order valence-electron chi connectivity index (χ3n) is 5.90. The maximum absolute atomic E-state index is 12.6. The van der Waals surface area contributed by atoms with Crippen LogP contribution in [0.5, 0.6) is 0 Å². The van der Waals surface area contributed by atoms with E-state index in [4.69, 9.17) is 0 Å². The molecule has 0 saturated carbocycles. The second-order valence-corrected chi connectivity index (χ2v) is 7.86. The zero-order valence-corrected chi connectivity index (χ0v) is 17.5. The van der Waals surface area contributed by atoms with Crippen LogP contribution in [-0.2, 0) is 11.8 Å². The van der Waals surface area contributed by atoms with Crippen LogP contribution in [0.4, 0.5) is 11.5 Å². The van der Waals surface area contributed by atoms with Crippen molar-refractivity contribution in [2.45, 2.75) is 6.42 Å². The standard InChI is InChI=1S/C23H25N7O/c1-28-22-19(15-26-28)23(25-16-24-22)30-13-11-29(12-14-30)10-9-21(31)27-20-8-4-6-17-5-2-3-7-18(17)20/h2-8,15-16H,9-14H2,1H3,(H,27,31). The molecule has 0 unspecified atom stereocenters. The first-order valence-corrected chi connectivity index (χ1v) is 10.6. The molecule has 0 atom stereocenters. The second-order valence-electron chi connectivity index (χ2n) is 7.86. The number of anilines is 2. The molecule has 1 N–H and O–H groups in total. The Morgan fingerprint density at radius 1 is 1.00 bits per heavy atom. The quantitative estimate of drug-likeness (QED) is 0.540. The minimum Gasteiger partial charge on any atom is -0.353 e. The van der Waals surface area contributed by atoms with E-state index in [9.17, 15) is 4.79 Å². The van der Waals surface area contributed by atoms with Gasteiger partial charge in [-0.05, 0) is 11.5 Å². The van der Waals surface area contributed by atoms with Gasteiger partial charge >= 0.3 is 0 Å². The summed E-state index contributed by atoms with van der Waals surface area (Å²) in [7, 11) is 1.89. The number of hydrogen-bond acceptors (Lipinski definition) is 6. The molecule has 1 amide bonds. The summed E-state index contributed by atoms with van der Waals surface area (Å²) >= 11 is 0. The number of nitrogens with zero attached hydrogens (tertiary/aromatic N) is 6. The maximum Gasteiger partial charge on any atom is 0.225 e. The van der Waals surface area contributed by atoms with E-state index in [1.54, 1.807) is 11.0 Å². The van der Waals surface area contributed by atoms with Crippen molar-refractivity contribution in [1.29, 1.82) is 0 Å². The molecule has 1 aliphatic heterocycles. The Morgan fingerprint density at radius 3 is 2.68 bits per heavy atom. The molecule has 2 aromatic carbocycles. The lowest BCUT2D eigenvalue weighted by molar-refractivity contribution is -0.116. The van der Waals surface area contributed by atoms with Crippen molar-refractivity contribution in [2.75, 3.05) is 42.9 Å². The number of nitrogens with one attached hydrogen (secondary N) is 1. The molecule has 1 aliphatic rings. The van der Waals surface area contributed by atoms with Crippen molar-refractivity contribution in [2.24, 2.45) is 7.05 Å². The number of aromatic nitrogens is 4. The van der Waals surface area contributed by atoms with E-state index >= 15 is 0 Å². The number of carbonyl (C=O) groups excluding carboxylic acids is 1. The summed E-state index contributed by atoms with van der Waals surface area (Å²) in [5.41, 5.74) is 1.72. The lowest BCUT2D eigenvalue weighted by atomic mass is 10.1. The van der Waals surface area contributed by atoms with Gasteiger partial charge in [-0.2, -0.15) is 5.10 Å². The molecule has 2 aromatic heterocycles. The first-order valence-electron chi connectivity index (χ1n) is 10.6. The molecule has 158 valence electrons. The van der Waals surface area contributed by atoms with Gasteiger partial charge in [0.25, 0.3) is 0 Å². The molecule has 1 saturated heterocycles. The predicted octanol–water partition coefficient (Wildman–Crippen LogP) is 2.67. The zero-order chi connectivity index (χ0) is 21.2. The SMILES string of the molecule is Cn1ncc2c(N3CCN(CCC(=O)Nc4cccc5ccccc45)CC3)ncnc21. The number of amides is 1. The summed E-state index contributed by atoms with van der Waals surface area (Å²) in [5, 5.41) is 10.6. The topological polar surface area (TPSA) is 79.2 Å². The molecule has 8 nitrogen and oxygen atoms in total. The van der Waals surface area contributed by atoms with Gasteiger partial charge in [-0.3, -0.25) is 14.4 Å². The summed E-state index contributed by atoms with van der Waals surface area (Å²) in [6, 6.07) is 14.1. The highest BCUT2D eigenvalue weighted by atomic mass is 16.1. The van der Waals surface area contributed by atoms with Crippen LogP contribution in [0.25, 0.3) is 21.8 Å². The smallest absolute Gasteiger partial charge is 0.225 e. The number of piperazine rings is 1. The highest BCUT2D eigenvalue weighted by Crippen LogP contribution is 2.24. The molecule has 31 heavy (non-hydrogen) atoms. The Hall–Kier alpha value is -3.52. The van der Waals surface area contributed by atoms with Crippen LogP contribution in [0.1, 0.15) is 6.42 Å². The van der Waals surface area contributed by atoms with Crippen molar-refractivity contribution >= 4 is 39.2 Å². The Morgan fingerprint density at radius 2 is 1.81 bits per heavy atom. The number of benzene rings is 2. The lowest BCUT2D eigenvalue weighted by Crippen LogP contribution is -2.47. The molecule has 0 aliphatic carbocycles. The summed E-state index contributed by atoms with van der Waals surface area (Å²) in [4.78, 5) is 26.0. The predicted molar refractivity (Wildman–Crippen MR) is 122 cm³/mol. The Bertz CT molecular complexity index is 1220. The van der Waals surface area contributed by atoms with Gasteiger partial charge in [-0.25, -0.2) is 9.97 Å². The normalized spacial score (nSPS) is 14.9. The van der Waals surface area contributed by atoms with E-state index in [1.165, 1.54) is 0 Å². The van der Waals surface area contributed by atoms with Crippen LogP contribution in [-0.4, -0.2) is 63.3 Å². The van der Waals surface area contributed by atoms with Crippen LogP contribution in [0.3, 0.4) is 0 Å². The van der Waals surface area contributed by atoms with Gasteiger partial charge in [-0.15, -0.1) is 0 Å². The molecular weight excluding hydrogens is 390 g/mol. The summed E-state index contributed by atoms with van der Waals surface area (Å²) < 4.78 is 1.77. The number of hydrogen-bond donors (Lipinski definition) is 1. The molecule has 5 rings (SSSR count). The van der Waals surface area contributed by atoms with Crippen LogP contribution >= 0.6 is 0 Å².